The molecule has 1 aromatic heterocycles. The van der Waals surface area contributed by atoms with Crippen LogP contribution in [-0.2, 0) is 6.54 Å². The maximum Gasteiger partial charge on any atom is 0.155 e. The Balaban J connectivity index is 1.92. The Morgan fingerprint density at radius 1 is 1.43 bits per heavy atom. The lowest BCUT2D eigenvalue weighted by Crippen LogP contribution is -2.26. The van der Waals surface area contributed by atoms with Gasteiger partial charge in [0.15, 0.2) is 5.82 Å². The van der Waals surface area contributed by atoms with E-state index in [9.17, 15) is 4.39 Å². The maximum absolute atomic E-state index is 14.4. The molecule has 0 radical (unpaired) electrons. The van der Waals surface area contributed by atoms with Gasteiger partial charge in [0.25, 0.3) is 0 Å². The monoisotopic (exact) mass is 313 g/mol. The van der Waals surface area contributed by atoms with Crippen LogP contribution in [0.2, 0.25) is 0 Å². The van der Waals surface area contributed by atoms with Gasteiger partial charge in [0, 0.05) is 13.1 Å². The van der Waals surface area contributed by atoms with Crippen molar-refractivity contribution in [2.45, 2.75) is 39.3 Å². The molecular weight excluding hydrogens is 293 g/mol. The molecule has 0 saturated carbocycles. The Labute approximate surface area is 135 Å². The van der Waals surface area contributed by atoms with Crippen LogP contribution in [0, 0.1) is 23.1 Å². The number of hydrogen-bond acceptors (Lipinski definition) is 4. The summed E-state index contributed by atoms with van der Waals surface area (Å²) in [6.07, 6.45) is 3.66. The molecule has 0 amide bonds. The molecule has 23 heavy (non-hydrogen) atoms. The Bertz CT molecular complexity index is 731. The van der Waals surface area contributed by atoms with Crippen LogP contribution >= 0.6 is 0 Å². The third-order valence-electron chi connectivity index (χ3n) is 4.14. The summed E-state index contributed by atoms with van der Waals surface area (Å²) in [5, 5.41) is 17.2. The van der Waals surface area contributed by atoms with Gasteiger partial charge in [-0.1, -0.05) is 13.8 Å². The highest BCUT2D eigenvalue weighted by molar-refractivity contribution is 5.53. The first kappa shape index (κ1) is 15.5. The lowest BCUT2D eigenvalue weighted by Gasteiger charge is -2.27. The minimum Gasteiger partial charge on any atom is -0.359 e. The van der Waals surface area contributed by atoms with Gasteiger partial charge in [0.2, 0.25) is 0 Å². The molecule has 0 N–H and O–H groups in total. The number of benzene rings is 1. The zero-order valence-electron chi connectivity index (χ0n) is 13.4. The van der Waals surface area contributed by atoms with Crippen LogP contribution in [0.3, 0.4) is 0 Å². The first-order chi connectivity index (χ1) is 11.1. The average molecular weight is 313 g/mol. The lowest BCUT2D eigenvalue weighted by molar-refractivity contribution is 0.486. The smallest absolute Gasteiger partial charge is 0.155 e. The second-order valence-electron chi connectivity index (χ2n) is 6.36. The predicted octanol–water partition coefficient (Wildman–Crippen LogP) is 3.29. The van der Waals surface area contributed by atoms with Crippen molar-refractivity contribution in [3.8, 4) is 6.07 Å². The molecule has 1 aromatic carbocycles. The van der Waals surface area contributed by atoms with Crippen molar-refractivity contribution in [3.05, 3.63) is 41.7 Å². The number of halogens is 1. The van der Waals surface area contributed by atoms with Gasteiger partial charge in [-0.25, -0.2) is 4.39 Å². The molecule has 3 rings (SSSR count). The average Bonchev–Trinajstić information content (AvgIpc) is 3.15. The zero-order valence-corrected chi connectivity index (χ0v) is 13.4. The molecule has 0 bridgehead atoms. The van der Waals surface area contributed by atoms with E-state index in [0.717, 1.165) is 31.8 Å². The molecule has 1 aliphatic rings. The molecule has 0 spiro atoms. The van der Waals surface area contributed by atoms with Crippen LogP contribution in [0.4, 0.5) is 10.1 Å². The summed E-state index contributed by atoms with van der Waals surface area (Å²) >= 11 is 0. The van der Waals surface area contributed by atoms with Crippen LogP contribution in [0.25, 0.3) is 0 Å². The second kappa shape index (κ2) is 6.37. The van der Waals surface area contributed by atoms with Crippen LogP contribution in [0.15, 0.2) is 24.5 Å². The molecule has 120 valence electrons. The van der Waals surface area contributed by atoms with Crippen molar-refractivity contribution >= 4 is 5.69 Å². The van der Waals surface area contributed by atoms with Crippen molar-refractivity contribution < 1.29 is 4.39 Å². The van der Waals surface area contributed by atoms with E-state index in [4.69, 9.17) is 5.26 Å². The fourth-order valence-corrected chi connectivity index (χ4v) is 3.19. The molecule has 1 atom stereocenters. The van der Waals surface area contributed by atoms with Crippen molar-refractivity contribution in [2.75, 3.05) is 11.4 Å². The van der Waals surface area contributed by atoms with Crippen molar-refractivity contribution in [1.29, 1.82) is 5.26 Å². The van der Waals surface area contributed by atoms with Crippen LogP contribution in [0.5, 0.6) is 0 Å². The van der Waals surface area contributed by atoms with Gasteiger partial charge < -0.3 is 9.47 Å². The molecule has 0 aliphatic carbocycles. The quantitative estimate of drug-likeness (QED) is 0.869. The maximum atomic E-state index is 14.4. The van der Waals surface area contributed by atoms with Crippen LogP contribution < -0.4 is 4.90 Å². The van der Waals surface area contributed by atoms with E-state index in [1.165, 1.54) is 6.07 Å². The predicted molar refractivity (Wildman–Crippen MR) is 85.3 cm³/mol. The summed E-state index contributed by atoms with van der Waals surface area (Å²) in [5.41, 5.74) is 0.871. The highest BCUT2D eigenvalue weighted by Gasteiger charge is 2.31. The summed E-state index contributed by atoms with van der Waals surface area (Å²) in [4.78, 5) is 2.04. The molecule has 5 nitrogen and oxygen atoms in total. The normalized spacial score (nSPS) is 17.7. The van der Waals surface area contributed by atoms with Crippen molar-refractivity contribution in [2.24, 2.45) is 5.92 Å². The first-order valence-corrected chi connectivity index (χ1v) is 7.94. The SMILES string of the molecule is CC(C)Cn1cnnc1C1CCCN1c1ccc(C#N)cc1F. The van der Waals surface area contributed by atoms with E-state index < -0.39 is 0 Å². The fraction of sp³-hybridized carbons (Fsp3) is 0.471. The Morgan fingerprint density at radius 2 is 2.26 bits per heavy atom. The molecule has 2 aromatic rings. The zero-order chi connectivity index (χ0) is 16.4. The largest absolute Gasteiger partial charge is 0.359 e. The van der Waals surface area contributed by atoms with Crippen molar-refractivity contribution in [1.82, 2.24) is 14.8 Å². The third-order valence-corrected chi connectivity index (χ3v) is 4.14. The first-order valence-electron chi connectivity index (χ1n) is 7.94. The van der Waals surface area contributed by atoms with Gasteiger partial charge >= 0.3 is 0 Å². The fourth-order valence-electron chi connectivity index (χ4n) is 3.19. The summed E-state index contributed by atoms with van der Waals surface area (Å²) in [7, 11) is 0. The minimum absolute atomic E-state index is 0.0266. The molecule has 1 fully saturated rings. The molecular formula is C17H20FN5. The second-order valence-corrected chi connectivity index (χ2v) is 6.36. The van der Waals surface area contributed by atoms with Crippen LogP contribution in [0.1, 0.15) is 44.1 Å². The van der Waals surface area contributed by atoms with Gasteiger partial charge in [0.05, 0.1) is 23.4 Å². The van der Waals surface area contributed by atoms with Gasteiger partial charge in [-0.15, -0.1) is 10.2 Å². The van der Waals surface area contributed by atoms with Gasteiger partial charge in [-0.05, 0) is 37.0 Å². The number of hydrogen-bond donors (Lipinski definition) is 0. The number of nitriles is 1. The number of nitrogens with zero attached hydrogens (tertiary/aromatic N) is 5. The van der Waals surface area contributed by atoms with Gasteiger partial charge in [-0.3, -0.25) is 0 Å². The highest BCUT2D eigenvalue weighted by Crippen LogP contribution is 2.36. The number of aromatic nitrogens is 3. The lowest BCUT2D eigenvalue weighted by atomic mass is 10.1. The van der Waals surface area contributed by atoms with E-state index in [2.05, 4.69) is 28.6 Å². The minimum atomic E-state index is -0.356. The topological polar surface area (TPSA) is 57.7 Å². The standard InChI is InChI=1S/C17H20FN5/c1-12(2)10-22-11-20-21-17(22)16-4-3-7-23(16)15-6-5-13(9-19)8-14(15)18/h5-6,8,11-12,16H,3-4,7,10H2,1-2H3. The highest BCUT2D eigenvalue weighted by atomic mass is 19.1. The molecule has 1 unspecified atom stereocenters. The van der Waals surface area contributed by atoms with Gasteiger partial charge in [0.1, 0.15) is 12.1 Å². The van der Waals surface area contributed by atoms with E-state index in [-0.39, 0.29) is 11.9 Å². The van der Waals surface area contributed by atoms with E-state index >= 15 is 0 Å². The van der Waals surface area contributed by atoms with E-state index in [1.54, 1.807) is 18.5 Å². The Kier molecular flexibility index (Phi) is 4.28. The van der Waals surface area contributed by atoms with Crippen LogP contribution in [-0.4, -0.2) is 21.3 Å². The molecule has 1 aliphatic heterocycles. The summed E-state index contributed by atoms with van der Waals surface area (Å²) < 4.78 is 16.4. The summed E-state index contributed by atoms with van der Waals surface area (Å²) in [6.45, 7) is 5.93. The summed E-state index contributed by atoms with van der Waals surface area (Å²) in [5.74, 6) is 1.03. The Morgan fingerprint density at radius 3 is 2.96 bits per heavy atom. The van der Waals surface area contributed by atoms with Crippen molar-refractivity contribution in [3.63, 3.8) is 0 Å². The number of anilines is 1. The third kappa shape index (κ3) is 3.04. The number of rotatable bonds is 4. The van der Waals surface area contributed by atoms with E-state index in [0.29, 0.717) is 17.2 Å². The van der Waals surface area contributed by atoms with Gasteiger partial charge in [-0.2, -0.15) is 5.26 Å². The molecule has 1 saturated heterocycles. The van der Waals surface area contributed by atoms with E-state index in [1.807, 2.05) is 11.0 Å². The molecule has 2 heterocycles. The summed E-state index contributed by atoms with van der Waals surface area (Å²) in [6, 6.07) is 6.64. The Hall–Kier alpha value is -2.42. The molecule has 6 heteroatoms.